The fourth-order valence-electron chi connectivity index (χ4n) is 6.89. The lowest BCUT2D eigenvalue weighted by Crippen LogP contribution is -2.65. The van der Waals surface area contributed by atoms with Gasteiger partial charge in [-0.15, -0.1) is 0 Å². The molecule has 350 valence electrons. The van der Waals surface area contributed by atoms with Gasteiger partial charge < -0.3 is 65.1 Å². The molecular formula is C47H79NO13. The van der Waals surface area contributed by atoms with Crippen molar-refractivity contribution in [3.05, 3.63) is 72.9 Å². The smallest absolute Gasteiger partial charge is 0.220 e. The summed E-state index contributed by atoms with van der Waals surface area (Å²) < 4.78 is 22.5. The van der Waals surface area contributed by atoms with E-state index in [1.165, 1.54) is 6.42 Å². The fraction of sp³-hybridized carbons (Fsp3) is 0.723. The van der Waals surface area contributed by atoms with Crippen molar-refractivity contribution in [1.29, 1.82) is 0 Å². The van der Waals surface area contributed by atoms with E-state index in [9.17, 15) is 45.6 Å². The Morgan fingerprint density at radius 2 is 1.13 bits per heavy atom. The van der Waals surface area contributed by atoms with Crippen LogP contribution in [0.3, 0.4) is 0 Å². The third kappa shape index (κ3) is 22.1. The molecule has 14 heteroatoms. The van der Waals surface area contributed by atoms with Gasteiger partial charge in [-0.25, -0.2) is 0 Å². The van der Waals surface area contributed by atoms with Crippen molar-refractivity contribution >= 4 is 5.91 Å². The second kappa shape index (κ2) is 33.9. The van der Waals surface area contributed by atoms with Crippen LogP contribution >= 0.6 is 0 Å². The van der Waals surface area contributed by atoms with Gasteiger partial charge in [-0.3, -0.25) is 4.79 Å². The predicted octanol–water partition coefficient (Wildman–Crippen LogP) is 4.48. The van der Waals surface area contributed by atoms with Crippen molar-refractivity contribution in [2.75, 3.05) is 19.8 Å². The lowest BCUT2D eigenvalue weighted by atomic mass is 9.97. The molecule has 0 saturated carbocycles. The zero-order valence-corrected chi connectivity index (χ0v) is 36.6. The predicted molar refractivity (Wildman–Crippen MR) is 235 cm³/mol. The number of carbonyl (C=O) groups excluding carboxylic acids is 1. The van der Waals surface area contributed by atoms with Crippen LogP contribution in [0.1, 0.15) is 123 Å². The molecule has 12 unspecified atom stereocenters. The van der Waals surface area contributed by atoms with Gasteiger partial charge in [-0.1, -0.05) is 132 Å². The first-order chi connectivity index (χ1) is 29.6. The van der Waals surface area contributed by atoms with Crippen LogP contribution in [0.15, 0.2) is 72.9 Å². The van der Waals surface area contributed by atoms with Gasteiger partial charge in [0.05, 0.1) is 32.0 Å². The van der Waals surface area contributed by atoms with Gasteiger partial charge >= 0.3 is 0 Å². The van der Waals surface area contributed by atoms with E-state index in [2.05, 4.69) is 79.9 Å². The highest BCUT2D eigenvalue weighted by Crippen LogP contribution is 2.30. The Kier molecular flexibility index (Phi) is 30.3. The molecule has 0 aromatic heterocycles. The monoisotopic (exact) mass is 866 g/mol. The Morgan fingerprint density at radius 3 is 1.72 bits per heavy atom. The van der Waals surface area contributed by atoms with E-state index in [1.807, 2.05) is 6.08 Å². The number of rotatable bonds is 32. The summed E-state index contributed by atoms with van der Waals surface area (Å²) in [5.41, 5.74) is 0. The largest absolute Gasteiger partial charge is 0.394 e. The van der Waals surface area contributed by atoms with Crippen molar-refractivity contribution in [2.45, 2.75) is 197 Å². The molecule has 2 saturated heterocycles. The molecule has 1 amide bonds. The van der Waals surface area contributed by atoms with E-state index in [0.29, 0.717) is 6.42 Å². The molecule has 2 heterocycles. The van der Waals surface area contributed by atoms with Gasteiger partial charge in [0.1, 0.15) is 48.8 Å². The Labute approximate surface area is 364 Å². The normalized spacial score (nSPS) is 28.7. The highest BCUT2D eigenvalue weighted by Gasteiger charge is 2.50. The zero-order valence-electron chi connectivity index (χ0n) is 36.6. The Balaban J connectivity index is 1.72. The minimum Gasteiger partial charge on any atom is -0.394 e. The van der Waals surface area contributed by atoms with Crippen molar-refractivity contribution in [2.24, 2.45) is 0 Å². The van der Waals surface area contributed by atoms with Crippen LogP contribution in [0.5, 0.6) is 0 Å². The quantitative estimate of drug-likeness (QED) is 0.0336. The summed E-state index contributed by atoms with van der Waals surface area (Å²) in [6.07, 6.45) is 24.6. The molecule has 0 aliphatic carbocycles. The third-order valence-corrected chi connectivity index (χ3v) is 10.6. The molecule has 12 atom stereocenters. The Morgan fingerprint density at radius 1 is 0.607 bits per heavy atom. The van der Waals surface area contributed by atoms with E-state index in [-0.39, 0.29) is 18.9 Å². The number of nitrogens with one attached hydrogen (secondary N) is 1. The van der Waals surface area contributed by atoms with Gasteiger partial charge in [-0.05, 0) is 57.8 Å². The van der Waals surface area contributed by atoms with Crippen molar-refractivity contribution in [1.82, 2.24) is 5.32 Å². The Hall–Kier alpha value is -2.57. The molecule has 0 bridgehead atoms. The SMILES string of the molecule is CC/C=C\C/C=C\C/C=C\C/C=C\C/C=C\CCCCCCCCCC(=O)NC(COC1OC(CO)C(OC2OC(CO)C(O)C(O)C2O)C(O)C1O)C(O)/C=C/CCCC. The molecule has 9 N–H and O–H groups in total. The van der Waals surface area contributed by atoms with E-state index in [0.717, 1.165) is 89.9 Å². The van der Waals surface area contributed by atoms with Crippen LogP contribution in [-0.4, -0.2) is 140 Å². The van der Waals surface area contributed by atoms with Gasteiger partial charge in [0.15, 0.2) is 12.6 Å². The standard InChI is InChI=1S/C47H79NO13/c1-3-5-7-9-10-11-12-13-14-15-16-17-18-19-20-21-22-23-24-25-26-27-29-31-39(52)48-35(36(51)30-28-8-6-4-2)34-58-46-44(57)42(55)45(38(33-50)60-46)61-47-43(56)41(54)40(53)37(32-49)59-47/h5,7,10-11,13-14,16-17,19-20,28,30,35-38,40-47,49-51,53-57H,3-4,6,8-9,12,15,18,21-27,29,31-34H2,1-2H3,(H,48,52)/b7-5-,11-10-,14-13-,17-16-,20-19-,30-28+. The molecule has 2 aliphatic rings. The first kappa shape index (κ1) is 54.6. The molecular weight excluding hydrogens is 787 g/mol. The van der Waals surface area contributed by atoms with Gasteiger partial charge in [0.25, 0.3) is 0 Å². The maximum Gasteiger partial charge on any atom is 0.220 e. The lowest BCUT2D eigenvalue weighted by Gasteiger charge is -2.46. The van der Waals surface area contributed by atoms with Crippen molar-refractivity contribution < 1.29 is 64.6 Å². The second-order valence-electron chi connectivity index (χ2n) is 15.8. The molecule has 0 aromatic carbocycles. The number of hydrogen-bond acceptors (Lipinski definition) is 13. The van der Waals surface area contributed by atoms with Gasteiger partial charge in [0, 0.05) is 6.42 Å². The average Bonchev–Trinajstić information content (AvgIpc) is 3.26. The van der Waals surface area contributed by atoms with Crippen LogP contribution < -0.4 is 5.32 Å². The highest BCUT2D eigenvalue weighted by molar-refractivity contribution is 5.76. The number of allylic oxidation sites excluding steroid dienone is 11. The van der Waals surface area contributed by atoms with Gasteiger partial charge in [0.2, 0.25) is 5.91 Å². The lowest BCUT2D eigenvalue weighted by molar-refractivity contribution is -0.359. The van der Waals surface area contributed by atoms with E-state index in [4.69, 9.17) is 18.9 Å². The van der Waals surface area contributed by atoms with Crippen LogP contribution in [0.4, 0.5) is 0 Å². The molecule has 2 rings (SSSR count). The Bertz CT molecular complexity index is 1300. The molecule has 2 aliphatic heterocycles. The second-order valence-corrected chi connectivity index (χ2v) is 15.8. The minimum absolute atomic E-state index is 0.262. The molecule has 0 aromatic rings. The average molecular weight is 866 g/mol. The van der Waals surface area contributed by atoms with Crippen molar-refractivity contribution in [3.8, 4) is 0 Å². The summed E-state index contributed by atoms with van der Waals surface area (Å²) in [6, 6.07) is -0.919. The molecule has 14 nitrogen and oxygen atoms in total. The summed E-state index contributed by atoms with van der Waals surface area (Å²) in [4.78, 5) is 13.0. The number of aliphatic hydroxyl groups is 8. The number of carbonyl (C=O) groups is 1. The zero-order chi connectivity index (χ0) is 44.7. The number of hydrogen-bond donors (Lipinski definition) is 9. The maximum atomic E-state index is 13.0. The van der Waals surface area contributed by atoms with Crippen LogP contribution in [0.25, 0.3) is 0 Å². The molecule has 0 radical (unpaired) electrons. The van der Waals surface area contributed by atoms with Gasteiger partial charge in [-0.2, -0.15) is 0 Å². The number of amides is 1. The van der Waals surface area contributed by atoms with E-state index in [1.54, 1.807) is 6.08 Å². The first-order valence-corrected chi connectivity index (χ1v) is 22.7. The minimum atomic E-state index is -1.79. The number of ether oxygens (including phenoxy) is 4. The fourth-order valence-corrected chi connectivity index (χ4v) is 6.89. The third-order valence-electron chi connectivity index (χ3n) is 10.6. The van der Waals surface area contributed by atoms with E-state index >= 15 is 0 Å². The highest BCUT2D eigenvalue weighted by atomic mass is 16.7. The molecule has 2 fully saturated rings. The number of aliphatic hydroxyl groups excluding tert-OH is 8. The van der Waals surface area contributed by atoms with Crippen LogP contribution in [0.2, 0.25) is 0 Å². The van der Waals surface area contributed by atoms with E-state index < -0.39 is 86.8 Å². The molecule has 0 spiro atoms. The first-order valence-electron chi connectivity index (χ1n) is 22.7. The maximum absolute atomic E-state index is 13.0. The summed E-state index contributed by atoms with van der Waals surface area (Å²) in [6.45, 7) is 2.46. The summed E-state index contributed by atoms with van der Waals surface area (Å²) >= 11 is 0. The summed E-state index contributed by atoms with van der Waals surface area (Å²) in [5, 5.41) is 85.9. The topological polar surface area (TPSA) is 228 Å². The molecule has 61 heavy (non-hydrogen) atoms. The summed E-state index contributed by atoms with van der Waals surface area (Å²) in [7, 11) is 0. The van der Waals surface area contributed by atoms with Crippen molar-refractivity contribution in [3.63, 3.8) is 0 Å². The number of unbranched alkanes of at least 4 members (excludes halogenated alkanes) is 9. The van der Waals surface area contributed by atoms with Crippen LogP contribution in [-0.2, 0) is 23.7 Å². The summed E-state index contributed by atoms with van der Waals surface area (Å²) in [5.74, 6) is -0.266. The van der Waals surface area contributed by atoms with Crippen LogP contribution in [0, 0.1) is 0 Å².